The summed E-state index contributed by atoms with van der Waals surface area (Å²) in [5.41, 5.74) is 2.26. The number of carboxylic acids is 1. The number of nitrogens with one attached hydrogen (secondary N) is 1. The van der Waals surface area contributed by atoms with Gasteiger partial charge in [0.25, 0.3) is 0 Å². The van der Waals surface area contributed by atoms with Crippen molar-refractivity contribution in [3.8, 4) is 0 Å². The number of aliphatic carboxylic acids is 1. The van der Waals surface area contributed by atoms with E-state index in [1.54, 1.807) is 0 Å². The van der Waals surface area contributed by atoms with Gasteiger partial charge in [-0.3, -0.25) is 9.48 Å². The molecule has 5 heteroatoms. The summed E-state index contributed by atoms with van der Waals surface area (Å²) >= 11 is 0. The highest BCUT2D eigenvalue weighted by molar-refractivity contribution is 5.70. The molecule has 2 rings (SSSR count). The summed E-state index contributed by atoms with van der Waals surface area (Å²) in [5.74, 6) is -0.829. The molecule has 1 aromatic rings. The van der Waals surface area contributed by atoms with Gasteiger partial charge < -0.3 is 10.4 Å². The standard InChI is InChI=1S/C14H23N3O2/c1-3-11-8-13(17(2)16-11)9-15-12-6-4-5-10(7-12)14(18)19/h8,10,12,15H,3-7,9H2,1-2H3,(H,18,19). The molecule has 2 unspecified atom stereocenters. The van der Waals surface area contributed by atoms with Crippen molar-refractivity contribution in [1.29, 1.82) is 0 Å². The van der Waals surface area contributed by atoms with E-state index in [4.69, 9.17) is 5.11 Å². The van der Waals surface area contributed by atoms with Crippen LogP contribution in [0.25, 0.3) is 0 Å². The Hall–Kier alpha value is -1.36. The molecule has 1 aliphatic carbocycles. The Kier molecular flexibility index (Phi) is 4.58. The summed E-state index contributed by atoms with van der Waals surface area (Å²) in [6.45, 7) is 2.86. The highest BCUT2D eigenvalue weighted by Crippen LogP contribution is 2.24. The van der Waals surface area contributed by atoms with E-state index >= 15 is 0 Å². The van der Waals surface area contributed by atoms with E-state index in [9.17, 15) is 4.79 Å². The van der Waals surface area contributed by atoms with Crippen LogP contribution in [0.4, 0.5) is 0 Å². The van der Waals surface area contributed by atoms with Gasteiger partial charge in [-0.15, -0.1) is 0 Å². The van der Waals surface area contributed by atoms with Gasteiger partial charge in [0, 0.05) is 19.6 Å². The maximum Gasteiger partial charge on any atom is 0.306 e. The molecule has 106 valence electrons. The molecule has 1 heterocycles. The molecule has 1 aliphatic rings. The van der Waals surface area contributed by atoms with Crippen molar-refractivity contribution in [3.63, 3.8) is 0 Å². The number of aromatic nitrogens is 2. The second-order valence-corrected chi connectivity index (χ2v) is 5.38. The zero-order chi connectivity index (χ0) is 13.8. The first kappa shape index (κ1) is 14.1. The maximum absolute atomic E-state index is 11.0. The van der Waals surface area contributed by atoms with Crippen LogP contribution in [-0.2, 0) is 24.8 Å². The van der Waals surface area contributed by atoms with Crippen molar-refractivity contribution in [2.24, 2.45) is 13.0 Å². The quantitative estimate of drug-likeness (QED) is 0.850. The monoisotopic (exact) mass is 265 g/mol. The van der Waals surface area contributed by atoms with Gasteiger partial charge in [-0.1, -0.05) is 13.3 Å². The lowest BCUT2D eigenvalue weighted by atomic mass is 9.86. The summed E-state index contributed by atoms with van der Waals surface area (Å²) in [6, 6.07) is 2.43. The third kappa shape index (κ3) is 3.56. The number of aryl methyl sites for hydroxylation is 2. The van der Waals surface area contributed by atoms with Gasteiger partial charge in [0.2, 0.25) is 0 Å². The Labute approximate surface area is 114 Å². The van der Waals surface area contributed by atoms with E-state index < -0.39 is 5.97 Å². The molecule has 0 spiro atoms. The van der Waals surface area contributed by atoms with E-state index in [0.29, 0.717) is 6.04 Å². The molecule has 1 saturated carbocycles. The minimum Gasteiger partial charge on any atom is -0.481 e. The second-order valence-electron chi connectivity index (χ2n) is 5.38. The number of carboxylic acid groups (broad SMARTS) is 1. The highest BCUT2D eigenvalue weighted by Gasteiger charge is 2.26. The Morgan fingerprint density at radius 2 is 2.37 bits per heavy atom. The first-order chi connectivity index (χ1) is 9.10. The Balaban J connectivity index is 1.87. The molecule has 0 saturated heterocycles. The van der Waals surface area contributed by atoms with Crippen LogP contribution in [-0.4, -0.2) is 26.9 Å². The van der Waals surface area contributed by atoms with Crippen LogP contribution in [0, 0.1) is 5.92 Å². The molecule has 0 bridgehead atoms. The van der Waals surface area contributed by atoms with Crippen LogP contribution in [0.2, 0.25) is 0 Å². The van der Waals surface area contributed by atoms with Crippen LogP contribution in [0.15, 0.2) is 6.07 Å². The topological polar surface area (TPSA) is 67.2 Å². The molecule has 0 radical (unpaired) electrons. The average Bonchev–Trinajstić information content (AvgIpc) is 2.77. The predicted molar refractivity (Wildman–Crippen MR) is 72.8 cm³/mol. The van der Waals surface area contributed by atoms with Crippen molar-refractivity contribution in [1.82, 2.24) is 15.1 Å². The molecule has 1 aromatic heterocycles. The van der Waals surface area contributed by atoms with E-state index in [2.05, 4.69) is 23.4 Å². The molecule has 19 heavy (non-hydrogen) atoms. The number of hydrogen-bond acceptors (Lipinski definition) is 3. The van der Waals surface area contributed by atoms with Gasteiger partial charge in [0.05, 0.1) is 17.3 Å². The molecule has 5 nitrogen and oxygen atoms in total. The van der Waals surface area contributed by atoms with Crippen LogP contribution < -0.4 is 5.32 Å². The van der Waals surface area contributed by atoms with Gasteiger partial charge in [-0.05, 0) is 31.7 Å². The molecule has 2 atom stereocenters. The zero-order valence-corrected chi connectivity index (χ0v) is 11.7. The van der Waals surface area contributed by atoms with Gasteiger partial charge in [0.15, 0.2) is 0 Å². The first-order valence-electron chi connectivity index (χ1n) is 7.08. The second kappa shape index (κ2) is 6.19. The van der Waals surface area contributed by atoms with Crippen LogP contribution >= 0.6 is 0 Å². The number of hydrogen-bond donors (Lipinski definition) is 2. The van der Waals surface area contributed by atoms with E-state index in [1.807, 2.05) is 11.7 Å². The van der Waals surface area contributed by atoms with E-state index in [-0.39, 0.29) is 5.92 Å². The summed E-state index contributed by atoms with van der Waals surface area (Å²) in [6.07, 6.45) is 4.58. The molecular formula is C14H23N3O2. The van der Waals surface area contributed by atoms with Gasteiger partial charge in [-0.2, -0.15) is 5.10 Å². The van der Waals surface area contributed by atoms with Crippen molar-refractivity contribution < 1.29 is 9.90 Å². The van der Waals surface area contributed by atoms with Crippen LogP contribution in [0.5, 0.6) is 0 Å². The Bertz CT molecular complexity index is 442. The van der Waals surface area contributed by atoms with Crippen molar-refractivity contribution in [2.75, 3.05) is 0 Å². The number of nitrogens with zero attached hydrogens (tertiary/aromatic N) is 2. The highest BCUT2D eigenvalue weighted by atomic mass is 16.4. The smallest absolute Gasteiger partial charge is 0.306 e. The summed E-state index contributed by atoms with van der Waals surface area (Å²) in [7, 11) is 1.96. The van der Waals surface area contributed by atoms with Crippen molar-refractivity contribution in [3.05, 3.63) is 17.5 Å². The predicted octanol–water partition coefficient (Wildman–Crippen LogP) is 1.72. The van der Waals surface area contributed by atoms with E-state index in [1.165, 1.54) is 0 Å². The third-order valence-corrected chi connectivity index (χ3v) is 3.98. The van der Waals surface area contributed by atoms with E-state index in [0.717, 1.165) is 50.0 Å². The van der Waals surface area contributed by atoms with Gasteiger partial charge in [0.1, 0.15) is 0 Å². The van der Waals surface area contributed by atoms with Gasteiger partial charge in [-0.25, -0.2) is 0 Å². The fourth-order valence-corrected chi connectivity index (χ4v) is 2.76. The third-order valence-electron chi connectivity index (χ3n) is 3.98. The molecule has 1 fully saturated rings. The molecule has 0 aromatic carbocycles. The molecular weight excluding hydrogens is 242 g/mol. The lowest BCUT2D eigenvalue weighted by Gasteiger charge is -2.27. The normalized spacial score (nSPS) is 23.5. The lowest BCUT2D eigenvalue weighted by Crippen LogP contribution is -2.36. The van der Waals surface area contributed by atoms with Crippen molar-refractivity contribution >= 4 is 5.97 Å². The lowest BCUT2D eigenvalue weighted by molar-refractivity contribution is -0.143. The average molecular weight is 265 g/mol. The fourth-order valence-electron chi connectivity index (χ4n) is 2.76. The first-order valence-corrected chi connectivity index (χ1v) is 7.08. The number of carbonyl (C=O) groups is 1. The minimum atomic E-state index is -0.652. The Morgan fingerprint density at radius 1 is 1.58 bits per heavy atom. The number of rotatable bonds is 5. The molecule has 0 amide bonds. The van der Waals surface area contributed by atoms with Crippen LogP contribution in [0.3, 0.4) is 0 Å². The maximum atomic E-state index is 11.0. The molecule has 0 aliphatic heterocycles. The van der Waals surface area contributed by atoms with Crippen LogP contribution in [0.1, 0.15) is 44.0 Å². The minimum absolute atomic E-state index is 0.177. The summed E-state index contributed by atoms with van der Waals surface area (Å²) in [5, 5.41) is 17.0. The largest absolute Gasteiger partial charge is 0.481 e. The SMILES string of the molecule is CCc1cc(CNC2CCCC(C(=O)O)C2)n(C)n1. The molecule has 2 N–H and O–H groups in total. The van der Waals surface area contributed by atoms with Gasteiger partial charge >= 0.3 is 5.97 Å². The Morgan fingerprint density at radius 3 is 3.00 bits per heavy atom. The van der Waals surface area contributed by atoms with Crippen molar-refractivity contribution in [2.45, 2.75) is 51.6 Å². The summed E-state index contributed by atoms with van der Waals surface area (Å²) in [4.78, 5) is 11.0. The fraction of sp³-hybridized carbons (Fsp3) is 0.714. The zero-order valence-electron chi connectivity index (χ0n) is 11.7. The summed E-state index contributed by atoms with van der Waals surface area (Å²) < 4.78 is 1.91.